The predicted octanol–water partition coefficient (Wildman–Crippen LogP) is 4.63. The molecule has 3 nitrogen and oxygen atoms in total. The molecule has 1 aliphatic heterocycles. The normalized spacial score (nSPS) is 19.3. The van der Waals surface area contributed by atoms with Crippen LogP contribution in [-0.4, -0.2) is 48.4 Å². The van der Waals surface area contributed by atoms with Crippen molar-refractivity contribution in [3.8, 4) is 0 Å². The van der Waals surface area contributed by atoms with Crippen LogP contribution in [0.1, 0.15) is 68.8 Å². The minimum absolute atomic E-state index is 0.126. The Morgan fingerprint density at radius 3 is 2.27 bits per heavy atom. The Kier molecular flexibility index (Phi) is 6.18. The van der Waals surface area contributed by atoms with Gasteiger partial charge in [-0.25, -0.2) is 0 Å². The van der Waals surface area contributed by atoms with E-state index < -0.39 is 0 Å². The molecule has 3 heteroatoms. The number of carbonyl (C=O) groups is 1. The average molecular weight is 355 g/mol. The van der Waals surface area contributed by atoms with E-state index in [4.69, 9.17) is 0 Å². The van der Waals surface area contributed by atoms with Crippen LogP contribution in [0.4, 0.5) is 0 Å². The fourth-order valence-corrected chi connectivity index (χ4v) is 3.90. The highest BCUT2D eigenvalue weighted by atomic mass is 16.2. The Hall–Kier alpha value is -1.61. The monoisotopic (exact) mass is 354 g/mol. The van der Waals surface area contributed by atoms with E-state index in [-0.39, 0.29) is 11.3 Å². The molecule has 0 atom stereocenters. The Morgan fingerprint density at radius 1 is 1.00 bits per heavy atom. The Balaban J connectivity index is 1.48. The van der Waals surface area contributed by atoms with Crippen molar-refractivity contribution in [1.82, 2.24) is 9.80 Å². The van der Waals surface area contributed by atoms with Gasteiger partial charge in [-0.1, -0.05) is 44.6 Å². The molecule has 1 aromatic rings. The van der Waals surface area contributed by atoms with Crippen molar-refractivity contribution < 1.29 is 4.79 Å². The Labute approximate surface area is 159 Å². The molecule has 1 saturated heterocycles. The van der Waals surface area contributed by atoms with Gasteiger partial charge >= 0.3 is 0 Å². The molecule has 142 valence electrons. The quantitative estimate of drug-likeness (QED) is 0.736. The molecule has 1 amide bonds. The van der Waals surface area contributed by atoms with Gasteiger partial charge < -0.3 is 4.90 Å². The number of amides is 1. The van der Waals surface area contributed by atoms with Gasteiger partial charge in [0.25, 0.3) is 5.91 Å². The lowest BCUT2D eigenvalue weighted by atomic mass is 9.86. The van der Waals surface area contributed by atoms with Crippen LogP contribution in [0.5, 0.6) is 0 Å². The molecule has 2 aliphatic rings. The Morgan fingerprint density at radius 2 is 1.69 bits per heavy atom. The van der Waals surface area contributed by atoms with Gasteiger partial charge in [0.15, 0.2) is 0 Å². The van der Waals surface area contributed by atoms with Crippen LogP contribution in [0, 0.1) is 0 Å². The molecule has 1 heterocycles. The largest absolute Gasteiger partial charge is 0.336 e. The first kappa shape index (κ1) is 19.2. The van der Waals surface area contributed by atoms with Crippen molar-refractivity contribution in [3.05, 3.63) is 47.0 Å². The molecule has 1 fully saturated rings. The molecular formula is C23H34N2O. The smallest absolute Gasteiger partial charge is 0.253 e. The number of hydrogen-bond donors (Lipinski definition) is 0. The van der Waals surface area contributed by atoms with Crippen LogP contribution >= 0.6 is 0 Å². The van der Waals surface area contributed by atoms with Crippen molar-refractivity contribution in [2.45, 2.75) is 58.3 Å². The molecule has 26 heavy (non-hydrogen) atoms. The number of rotatable bonds is 4. The first-order valence-corrected chi connectivity index (χ1v) is 10.2. The third-order valence-corrected chi connectivity index (χ3v) is 5.79. The third-order valence-electron chi connectivity index (χ3n) is 5.79. The lowest BCUT2D eigenvalue weighted by Gasteiger charge is -2.35. The molecule has 3 rings (SSSR count). The molecule has 0 radical (unpaired) electrons. The van der Waals surface area contributed by atoms with E-state index in [2.05, 4.69) is 43.9 Å². The maximum atomic E-state index is 12.8. The summed E-state index contributed by atoms with van der Waals surface area (Å²) in [5.41, 5.74) is 3.87. The van der Waals surface area contributed by atoms with E-state index in [1.165, 1.54) is 37.7 Å². The number of piperazine rings is 1. The fraction of sp³-hybridized carbons (Fsp3) is 0.609. The topological polar surface area (TPSA) is 23.6 Å². The SMILES string of the molecule is CC(C)(C)c1ccc(C(=O)N2CCN(CCC3=CCCCC3)CC2)cc1. The zero-order valence-corrected chi connectivity index (χ0v) is 16.8. The minimum Gasteiger partial charge on any atom is -0.336 e. The first-order valence-electron chi connectivity index (χ1n) is 10.2. The molecule has 0 N–H and O–H groups in total. The van der Waals surface area contributed by atoms with E-state index in [0.717, 1.165) is 38.3 Å². The number of carbonyl (C=O) groups excluding carboxylic acids is 1. The predicted molar refractivity (Wildman–Crippen MR) is 109 cm³/mol. The van der Waals surface area contributed by atoms with Crippen LogP contribution in [0.25, 0.3) is 0 Å². The average Bonchev–Trinajstić information content (AvgIpc) is 2.66. The van der Waals surface area contributed by atoms with Gasteiger partial charge in [0.1, 0.15) is 0 Å². The highest BCUT2D eigenvalue weighted by molar-refractivity contribution is 5.94. The van der Waals surface area contributed by atoms with Gasteiger partial charge in [-0.05, 0) is 55.2 Å². The van der Waals surface area contributed by atoms with Gasteiger partial charge in [0, 0.05) is 38.3 Å². The van der Waals surface area contributed by atoms with Gasteiger partial charge in [0.2, 0.25) is 0 Å². The molecule has 0 saturated carbocycles. The highest BCUT2D eigenvalue weighted by Crippen LogP contribution is 2.23. The van der Waals surface area contributed by atoms with Gasteiger partial charge in [-0.2, -0.15) is 0 Å². The standard InChI is InChI=1S/C23H34N2O/c1-23(2,3)21-11-9-20(10-12-21)22(26)25-17-15-24(16-18-25)14-13-19-7-5-4-6-8-19/h7,9-12H,4-6,8,13-18H2,1-3H3. The number of hydrogen-bond acceptors (Lipinski definition) is 2. The van der Waals surface area contributed by atoms with E-state index in [1.807, 2.05) is 17.0 Å². The van der Waals surface area contributed by atoms with Gasteiger partial charge in [-0.15, -0.1) is 0 Å². The lowest BCUT2D eigenvalue weighted by molar-refractivity contribution is 0.0638. The van der Waals surface area contributed by atoms with Crippen molar-refractivity contribution in [2.24, 2.45) is 0 Å². The van der Waals surface area contributed by atoms with Crippen LogP contribution < -0.4 is 0 Å². The van der Waals surface area contributed by atoms with Crippen LogP contribution in [0.3, 0.4) is 0 Å². The summed E-state index contributed by atoms with van der Waals surface area (Å²) in [7, 11) is 0. The number of nitrogens with zero attached hydrogens (tertiary/aromatic N) is 2. The van der Waals surface area contributed by atoms with E-state index in [9.17, 15) is 4.79 Å². The molecule has 1 aromatic carbocycles. The summed E-state index contributed by atoms with van der Waals surface area (Å²) in [6.45, 7) is 11.4. The van der Waals surface area contributed by atoms with Crippen LogP contribution in [0.15, 0.2) is 35.9 Å². The summed E-state index contributed by atoms with van der Waals surface area (Å²) < 4.78 is 0. The van der Waals surface area contributed by atoms with E-state index in [1.54, 1.807) is 5.57 Å². The molecule has 0 spiro atoms. The molecule has 0 bridgehead atoms. The zero-order chi connectivity index (χ0) is 18.6. The highest BCUT2D eigenvalue weighted by Gasteiger charge is 2.22. The van der Waals surface area contributed by atoms with Gasteiger partial charge in [0.05, 0.1) is 0 Å². The Bertz CT molecular complexity index is 631. The maximum Gasteiger partial charge on any atom is 0.253 e. The van der Waals surface area contributed by atoms with Crippen LogP contribution in [0.2, 0.25) is 0 Å². The van der Waals surface area contributed by atoms with Crippen molar-refractivity contribution in [3.63, 3.8) is 0 Å². The summed E-state index contributed by atoms with van der Waals surface area (Å²) in [4.78, 5) is 17.3. The van der Waals surface area contributed by atoms with Crippen molar-refractivity contribution in [1.29, 1.82) is 0 Å². The van der Waals surface area contributed by atoms with E-state index >= 15 is 0 Å². The second-order valence-corrected chi connectivity index (χ2v) is 8.82. The summed E-state index contributed by atoms with van der Waals surface area (Å²) in [5.74, 6) is 0.181. The maximum absolute atomic E-state index is 12.8. The van der Waals surface area contributed by atoms with Crippen molar-refractivity contribution >= 4 is 5.91 Å². The second kappa shape index (κ2) is 8.39. The fourth-order valence-electron chi connectivity index (χ4n) is 3.90. The van der Waals surface area contributed by atoms with E-state index in [0.29, 0.717) is 0 Å². The summed E-state index contributed by atoms with van der Waals surface area (Å²) in [6, 6.07) is 8.18. The second-order valence-electron chi connectivity index (χ2n) is 8.82. The first-order chi connectivity index (χ1) is 12.4. The summed E-state index contributed by atoms with van der Waals surface area (Å²) >= 11 is 0. The minimum atomic E-state index is 0.126. The van der Waals surface area contributed by atoms with Crippen LogP contribution in [-0.2, 0) is 5.41 Å². The molecule has 1 aliphatic carbocycles. The molecule has 0 aromatic heterocycles. The summed E-state index contributed by atoms with van der Waals surface area (Å²) in [5, 5.41) is 0. The van der Waals surface area contributed by atoms with Gasteiger partial charge in [-0.3, -0.25) is 9.69 Å². The van der Waals surface area contributed by atoms with Crippen molar-refractivity contribution in [2.75, 3.05) is 32.7 Å². The lowest BCUT2D eigenvalue weighted by Crippen LogP contribution is -2.48. The third kappa shape index (κ3) is 4.97. The summed E-state index contributed by atoms with van der Waals surface area (Å²) in [6.07, 6.45) is 8.95. The number of benzene rings is 1. The number of allylic oxidation sites excluding steroid dienone is 1. The molecular weight excluding hydrogens is 320 g/mol. The zero-order valence-electron chi connectivity index (χ0n) is 16.8. The molecule has 0 unspecified atom stereocenters.